The van der Waals surface area contributed by atoms with Crippen molar-refractivity contribution in [3.8, 4) is 0 Å². The first-order valence-electron chi connectivity index (χ1n) is 5.24. The third-order valence-electron chi connectivity index (χ3n) is 2.37. The number of halogens is 1. The fourth-order valence-corrected chi connectivity index (χ4v) is 3.12. The number of methoxy groups -OCH3 is 1. The first-order valence-corrected chi connectivity index (χ1v) is 7.42. The van der Waals surface area contributed by atoms with Crippen molar-refractivity contribution in [1.29, 1.82) is 0 Å². The smallest absolute Gasteiger partial charge is 0.233 e. The Morgan fingerprint density at radius 1 is 1.67 bits per heavy atom. The van der Waals surface area contributed by atoms with Crippen molar-refractivity contribution < 1.29 is 9.53 Å². The Morgan fingerprint density at radius 3 is 3.00 bits per heavy atom. The van der Waals surface area contributed by atoms with Crippen LogP contribution in [0.25, 0.3) is 0 Å². The van der Waals surface area contributed by atoms with Gasteiger partial charge in [-0.2, -0.15) is 0 Å². The van der Waals surface area contributed by atoms with E-state index in [-0.39, 0.29) is 17.2 Å². The van der Waals surface area contributed by atoms with Crippen molar-refractivity contribution in [1.82, 2.24) is 5.32 Å². The minimum Gasteiger partial charge on any atom is -0.383 e. The molecule has 1 saturated heterocycles. The van der Waals surface area contributed by atoms with Crippen LogP contribution >= 0.6 is 27.7 Å². The summed E-state index contributed by atoms with van der Waals surface area (Å²) in [6, 6.07) is 0.0880. The number of ether oxygens (including phenoxy) is 1. The van der Waals surface area contributed by atoms with Crippen molar-refractivity contribution >= 4 is 33.6 Å². The van der Waals surface area contributed by atoms with Crippen molar-refractivity contribution in [2.75, 3.05) is 24.8 Å². The Morgan fingerprint density at radius 2 is 2.47 bits per heavy atom. The first-order chi connectivity index (χ1) is 7.27. The van der Waals surface area contributed by atoms with E-state index in [0.29, 0.717) is 6.61 Å². The Hall–Kier alpha value is 0.260. The molecule has 0 aromatic rings. The highest BCUT2D eigenvalue weighted by atomic mass is 79.9. The molecule has 0 saturated carbocycles. The third kappa shape index (κ3) is 4.74. The summed E-state index contributed by atoms with van der Waals surface area (Å²) in [6.45, 7) is 0.564. The number of hydrogen-bond acceptors (Lipinski definition) is 3. The van der Waals surface area contributed by atoms with E-state index in [1.165, 1.54) is 12.8 Å². The highest BCUT2D eigenvalue weighted by molar-refractivity contribution is 9.09. The van der Waals surface area contributed by atoms with Crippen LogP contribution < -0.4 is 5.32 Å². The van der Waals surface area contributed by atoms with Crippen molar-refractivity contribution in [3.63, 3.8) is 0 Å². The maximum absolute atomic E-state index is 11.8. The first kappa shape index (κ1) is 13.3. The molecule has 2 unspecified atom stereocenters. The van der Waals surface area contributed by atoms with Crippen molar-refractivity contribution in [2.45, 2.75) is 30.6 Å². The van der Waals surface area contributed by atoms with Crippen LogP contribution in [-0.4, -0.2) is 42.0 Å². The summed E-state index contributed by atoms with van der Waals surface area (Å²) in [4.78, 5) is 11.8. The second-order valence-electron chi connectivity index (χ2n) is 3.67. The molecular formula is C10H18BrNO2S. The molecule has 1 rings (SSSR count). The zero-order valence-corrected chi connectivity index (χ0v) is 11.4. The number of alkyl halides is 1. The molecule has 15 heavy (non-hydrogen) atoms. The SMILES string of the molecule is COCC(CBr)NC(=O)C1CCCCS1. The molecule has 0 bridgehead atoms. The topological polar surface area (TPSA) is 38.3 Å². The van der Waals surface area contributed by atoms with Gasteiger partial charge >= 0.3 is 0 Å². The average Bonchev–Trinajstić information content (AvgIpc) is 2.29. The van der Waals surface area contributed by atoms with Crippen LogP contribution in [0.5, 0.6) is 0 Å². The Labute approximate surface area is 104 Å². The Bertz CT molecular complexity index is 198. The molecule has 88 valence electrons. The number of rotatable bonds is 5. The van der Waals surface area contributed by atoms with Gasteiger partial charge in [-0.1, -0.05) is 22.4 Å². The van der Waals surface area contributed by atoms with Gasteiger partial charge in [-0.25, -0.2) is 0 Å². The second kappa shape index (κ2) is 7.52. The lowest BCUT2D eigenvalue weighted by Gasteiger charge is -2.23. The van der Waals surface area contributed by atoms with Crippen LogP contribution in [0.4, 0.5) is 0 Å². The van der Waals surface area contributed by atoms with Crippen molar-refractivity contribution in [2.24, 2.45) is 0 Å². The largest absolute Gasteiger partial charge is 0.383 e. The molecule has 3 nitrogen and oxygen atoms in total. The minimum absolute atomic E-state index is 0.0880. The molecule has 5 heteroatoms. The van der Waals surface area contributed by atoms with E-state index in [9.17, 15) is 4.79 Å². The Balaban J connectivity index is 2.31. The van der Waals surface area contributed by atoms with Gasteiger partial charge in [0.25, 0.3) is 0 Å². The van der Waals surface area contributed by atoms with Crippen LogP contribution in [0, 0.1) is 0 Å². The fourth-order valence-electron chi connectivity index (χ4n) is 1.57. The fraction of sp³-hybridized carbons (Fsp3) is 0.900. The summed E-state index contributed by atoms with van der Waals surface area (Å²) in [6.07, 6.45) is 3.43. The number of amides is 1. The zero-order valence-electron chi connectivity index (χ0n) is 9.00. The molecule has 0 spiro atoms. The van der Waals surface area contributed by atoms with Gasteiger partial charge in [0, 0.05) is 12.4 Å². The highest BCUT2D eigenvalue weighted by Gasteiger charge is 2.23. The number of hydrogen-bond donors (Lipinski definition) is 1. The maximum Gasteiger partial charge on any atom is 0.233 e. The molecule has 0 aromatic heterocycles. The molecule has 1 aliphatic heterocycles. The van der Waals surface area contributed by atoms with Crippen LogP contribution in [0.2, 0.25) is 0 Å². The summed E-state index contributed by atoms with van der Waals surface area (Å²) >= 11 is 5.14. The number of carbonyl (C=O) groups excluding carboxylic acids is 1. The van der Waals surface area contributed by atoms with E-state index in [4.69, 9.17) is 4.74 Å². The summed E-state index contributed by atoms with van der Waals surface area (Å²) in [5.41, 5.74) is 0. The van der Waals surface area contributed by atoms with Gasteiger partial charge in [-0.05, 0) is 18.6 Å². The van der Waals surface area contributed by atoms with E-state index >= 15 is 0 Å². The number of nitrogens with one attached hydrogen (secondary N) is 1. The molecule has 1 fully saturated rings. The summed E-state index contributed by atoms with van der Waals surface area (Å²) in [7, 11) is 1.65. The molecule has 0 aliphatic carbocycles. The van der Waals surface area contributed by atoms with Gasteiger partial charge in [-0.15, -0.1) is 11.8 Å². The Kier molecular flexibility index (Phi) is 6.68. The number of carbonyl (C=O) groups is 1. The maximum atomic E-state index is 11.8. The van der Waals surface area contributed by atoms with Crippen LogP contribution in [0.15, 0.2) is 0 Å². The predicted octanol–water partition coefficient (Wildman–Crippen LogP) is 1.80. The molecule has 1 N–H and O–H groups in total. The minimum atomic E-state index is 0.0880. The second-order valence-corrected chi connectivity index (χ2v) is 5.63. The molecule has 1 heterocycles. The quantitative estimate of drug-likeness (QED) is 0.786. The number of thioether (sulfide) groups is 1. The summed E-state index contributed by atoms with van der Waals surface area (Å²) < 4.78 is 5.03. The molecule has 1 amide bonds. The molecule has 2 atom stereocenters. The van der Waals surface area contributed by atoms with Gasteiger partial charge in [0.2, 0.25) is 5.91 Å². The molecule has 0 aromatic carbocycles. The standard InChI is InChI=1S/C10H18BrNO2S/c1-14-7-8(6-11)12-10(13)9-4-2-3-5-15-9/h8-9H,2-7H2,1H3,(H,12,13). The van der Waals surface area contributed by atoms with Gasteiger partial charge in [0.15, 0.2) is 0 Å². The third-order valence-corrected chi connectivity index (χ3v) is 4.53. The molecule has 0 radical (unpaired) electrons. The van der Waals surface area contributed by atoms with Crippen LogP contribution in [-0.2, 0) is 9.53 Å². The summed E-state index contributed by atoms with van der Waals surface area (Å²) in [5.74, 6) is 1.28. The molecular weight excluding hydrogens is 278 g/mol. The van der Waals surface area contributed by atoms with Gasteiger partial charge in [0.05, 0.1) is 17.9 Å². The summed E-state index contributed by atoms with van der Waals surface area (Å²) in [5, 5.41) is 3.90. The van der Waals surface area contributed by atoms with Gasteiger partial charge < -0.3 is 10.1 Å². The van der Waals surface area contributed by atoms with E-state index in [2.05, 4.69) is 21.2 Å². The van der Waals surface area contributed by atoms with E-state index in [1.54, 1.807) is 18.9 Å². The van der Waals surface area contributed by atoms with E-state index in [1.807, 2.05) is 0 Å². The molecule has 1 aliphatic rings. The average molecular weight is 296 g/mol. The van der Waals surface area contributed by atoms with E-state index in [0.717, 1.165) is 17.5 Å². The highest BCUT2D eigenvalue weighted by Crippen LogP contribution is 2.25. The monoisotopic (exact) mass is 295 g/mol. The van der Waals surface area contributed by atoms with Crippen molar-refractivity contribution in [3.05, 3.63) is 0 Å². The zero-order chi connectivity index (χ0) is 11.1. The lowest BCUT2D eigenvalue weighted by molar-refractivity contribution is -0.121. The lowest BCUT2D eigenvalue weighted by atomic mass is 10.1. The predicted molar refractivity (Wildman–Crippen MR) is 67.7 cm³/mol. The van der Waals surface area contributed by atoms with Gasteiger partial charge in [-0.3, -0.25) is 4.79 Å². The van der Waals surface area contributed by atoms with Crippen LogP contribution in [0.1, 0.15) is 19.3 Å². The van der Waals surface area contributed by atoms with Gasteiger partial charge in [0.1, 0.15) is 0 Å². The van der Waals surface area contributed by atoms with Crippen LogP contribution in [0.3, 0.4) is 0 Å². The lowest BCUT2D eigenvalue weighted by Crippen LogP contribution is -2.44. The van der Waals surface area contributed by atoms with E-state index < -0.39 is 0 Å². The normalized spacial score (nSPS) is 23.5.